The van der Waals surface area contributed by atoms with E-state index in [-0.39, 0.29) is 30.0 Å². The normalized spacial score (nSPS) is 14.0. The van der Waals surface area contributed by atoms with E-state index >= 15 is 0 Å². The van der Waals surface area contributed by atoms with E-state index in [4.69, 9.17) is 0 Å². The van der Waals surface area contributed by atoms with Gasteiger partial charge in [0.15, 0.2) is 5.69 Å². The molecule has 3 N–H and O–H groups in total. The molecule has 0 saturated carbocycles. The highest BCUT2D eigenvalue weighted by molar-refractivity contribution is 5.95. The predicted molar refractivity (Wildman–Crippen MR) is 135 cm³/mol. The number of carbonyl (C=O) groups excluding carboxylic acids is 2. The molecule has 0 saturated heterocycles. The van der Waals surface area contributed by atoms with Crippen LogP contribution < -0.4 is 10.4 Å². The number of carboxylic acid groups (broad SMARTS) is 1. The van der Waals surface area contributed by atoms with E-state index in [0.29, 0.717) is 16.9 Å². The molecule has 196 valence electrons. The summed E-state index contributed by atoms with van der Waals surface area (Å²) < 4.78 is 15.1. The van der Waals surface area contributed by atoms with Gasteiger partial charge in [0.25, 0.3) is 5.91 Å². The number of rotatable bonds is 11. The molecule has 37 heavy (non-hydrogen) atoms. The summed E-state index contributed by atoms with van der Waals surface area (Å²) in [6, 6.07) is 14.8. The number of hydrogen-bond donors (Lipinski definition) is 3. The zero-order valence-electron chi connectivity index (χ0n) is 21.0. The second-order valence-corrected chi connectivity index (χ2v) is 9.19. The van der Waals surface area contributed by atoms with Crippen molar-refractivity contribution in [1.82, 2.24) is 15.1 Å². The van der Waals surface area contributed by atoms with Crippen LogP contribution in [0, 0.1) is 5.82 Å². The monoisotopic (exact) mass is 508 g/mol. The van der Waals surface area contributed by atoms with Gasteiger partial charge in [0.05, 0.1) is 29.6 Å². The molecule has 0 spiro atoms. The molecule has 9 heteroatoms. The fourth-order valence-electron chi connectivity index (χ4n) is 4.04. The molecule has 0 unspecified atom stereocenters. The molecule has 0 aliphatic heterocycles. The highest BCUT2D eigenvalue weighted by Crippen LogP contribution is 2.28. The van der Waals surface area contributed by atoms with Gasteiger partial charge in [0, 0.05) is 24.4 Å². The Morgan fingerprint density at radius 1 is 1.08 bits per heavy atom. The summed E-state index contributed by atoms with van der Waals surface area (Å²) in [6.07, 6.45) is -0.290. The Morgan fingerprint density at radius 2 is 1.73 bits per heavy atom. The van der Waals surface area contributed by atoms with Crippen molar-refractivity contribution in [2.24, 2.45) is 0 Å². The maximum atomic E-state index is 13.6. The Balaban J connectivity index is 2.00. The number of carboxylic acids is 1. The number of aromatic nitrogens is 2. The summed E-state index contributed by atoms with van der Waals surface area (Å²) in [5, 5.41) is 38.4. The summed E-state index contributed by atoms with van der Waals surface area (Å²) in [4.78, 5) is 24.1. The molecule has 1 heterocycles. The maximum Gasteiger partial charge on any atom is 0.272 e. The van der Waals surface area contributed by atoms with Crippen molar-refractivity contribution in [2.75, 3.05) is 0 Å². The Hall–Kier alpha value is -3.82. The van der Waals surface area contributed by atoms with Crippen molar-refractivity contribution in [3.63, 3.8) is 0 Å². The molecule has 0 bridgehead atoms. The van der Waals surface area contributed by atoms with Crippen LogP contribution in [0.1, 0.15) is 72.9 Å². The molecule has 1 aromatic heterocycles. The second-order valence-electron chi connectivity index (χ2n) is 9.19. The van der Waals surface area contributed by atoms with E-state index in [9.17, 15) is 29.3 Å². The van der Waals surface area contributed by atoms with Gasteiger partial charge >= 0.3 is 0 Å². The minimum atomic E-state index is -1.42. The first kappa shape index (κ1) is 27.8. The molecule has 3 rings (SSSR count). The summed E-state index contributed by atoms with van der Waals surface area (Å²) in [6.45, 7) is 5.68. The lowest BCUT2D eigenvalue weighted by molar-refractivity contribution is -0.307. The first-order valence-electron chi connectivity index (χ1n) is 12.1. The quantitative estimate of drug-likeness (QED) is 0.366. The number of hydrogen-bond acceptors (Lipinski definition) is 6. The van der Waals surface area contributed by atoms with E-state index in [0.717, 1.165) is 5.56 Å². The number of aliphatic hydroxyl groups is 2. The number of nitrogens with one attached hydrogen (secondary N) is 1. The number of benzene rings is 2. The van der Waals surface area contributed by atoms with Crippen LogP contribution >= 0.6 is 0 Å². The fourth-order valence-corrected chi connectivity index (χ4v) is 4.04. The number of carbonyl (C=O) groups is 2. The average Bonchev–Trinajstić information content (AvgIpc) is 3.23. The third kappa shape index (κ3) is 7.34. The number of aliphatic carboxylic acids is 1. The summed E-state index contributed by atoms with van der Waals surface area (Å²) in [5.41, 5.74) is 2.73. The SMILES string of the molecule is CC(C)c1c(C(=O)N[C@H](C)c2ccccc2)nn(-c2ccc(F)cc2)c1/C=C/[C@@H](O)C[C@@H](O)CC(=O)[O-]. The number of halogens is 1. The van der Waals surface area contributed by atoms with Crippen LogP contribution in [0.2, 0.25) is 0 Å². The van der Waals surface area contributed by atoms with Crippen molar-refractivity contribution >= 4 is 18.0 Å². The lowest BCUT2D eigenvalue weighted by Crippen LogP contribution is -2.29. The number of aliphatic hydroxyl groups excluding tert-OH is 2. The standard InChI is InChI=1S/C28H32FN3O5/c1-17(2)26-24(14-13-22(33)15-23(34)16-25(35)36)32(21-11-9-20(29)10-12-21)31-27(26)28(37)30-18(3)19-7-5-4-6-8-19/h4-14,17-18,22-23,33-34H,15-16H2,1-3H3,(H,30,37)(H,35,36)/p-1/b14-13+/t18-,22-,23-/m1/s1. The van der Waals surface area contributed by atoms with Crippen LogP contribution in [-0.4, -0.2) is 44.1 Å². The molecule has 3 atom stereocenters. The molecular weight excluding hydrogens is 477 g/mol. The Morgan fingerprint density at radius 3 is 2.32 bits per heavy atom. The molecule has 8 nitrogen and oxygen atoms in total. The van der Waals surface area contributed by atoms with Gasteiger partial charge in [-0.1, -0.05) is 50.3 Å². The average molecular weight is 509 g/mol. The topological polar surface area (TPSA) is 128 Å². The van der Waals surface area contributed by atoms with Gasteiger partial charge in [-0.05, 0) is 48.7 Å². The molecule has 0 aliphatic rings. The van der Waals surface area contributed by atoms with Gasteiger partial charge in [-0.15, -0.1) is 0 Å². The van der Waals surface area contributed by atoms with Crippen LogP contribution in [0.15, 0.2) is 60.7 Å². The molecule has 0 radical (unpaired) electrons. The highest BCUT2D eigenvalue weighted by atomic mass is 19.1. The van der Waals surface area contributed by atoms with Crippen LogP contribution in [0.25, 0.3) is 11.8 Å². The lowest BCUT2D eigenvalue weighted by atomic mass is 9.98. The van der Waals surface area contributed by atoms with Crippen LogP contribution in [-0.2, 0) is 4.79 Å². The largest absolute Gasteiger partial charge is 0.550 e. The minimum Gasteiger partial charge on any atom is -0.550 e. The summed E-state index contributed by atoms with van der Waals surface area (Å²) in [7, 11) is 0. The molecular formula is C28H31FN3O5-. The smallest absolute Gasteiger partial charge is 0.272 e. The zero-order chi connectivity index (χ0) is 27.1. The van der Waals surface area contributed by atoms with E-state index in [1.54, 1.807) is 6.08 Å². The summed E-state index contributed by atoms with van der Waals surface area (Å²) in [5.74, 6) is -2.38. The van der Waals surface area contributed by atoms with Crippen molar-refractivity contribution in [2.45, 2.75) is 57.8 Å². The number of nitrogens with zero attached hydrogens (tertiary/aromatic N) is 2. The Kier molecular flexibility index (Phi) is 9.32. The highest BCUT2D eigenvalue weighted by Gasteiger charge is 2.26. The van der Waals surface area contributed by atoms with Gasteiger partial charge in [-0.2, -0.15) is 5.10 Å². The Bertz CT molecular complexity index is 1240. The molecule has 1 amide bonds. The lowest BCUT2D eigenvalue weighted by Gasteiger charge is -2.15. The molecule has 0 aliphatic carbocycles. The van der Waals surface area contributed by atoms with E-state index in [2.05, 4.69) is 10.4 Å². The van der Waals surface area contributed by atoms with Crippen LogP contribution in [0.3, 0.4) is 0 Å². The van der Waals surface area contributed by atoms with Gasteiger partial charge in [0.1, 0.15) is 5.82 Å². The van der Waals surface area contributed by atoms with Gasteiger partial charge in [0.2, 0.25) is 0 Å². The van der Waals surface area contributed by atoms with E-state index < -0.39 is 30.4 Å². The predicted octanol–water partition coefficient (Wildman–Crippen LogP) is 2.89. The summed E-state index contributed by atoms with van der Waals surface area (Å²) >= 11 is 0. The van der Waals surface area contributed by atoms with Crippen molar-refractivity contribution in [1.29, 1.82) is 0 Å². The van der Waals surface area contributed by atoms with Gasteiger partial charge in [-0.25, -0.2) is 9.07 Å². The maximum absolute atomic E-state index is 13.6. The van der Waals surface area contributed by atoms with E-state index in [1.807, 2.05) is 51.1 Å². The molecule has 3 aromatic rings. The fraction of sp³-hybridized carbons (Fsp3) is 0.321. The van der Waals surface area contributed by atoms with Crippen LogP contribution in [0.5, 0.6) is 0 Å². The van der Waals surface area contributed by atoms with Crippen molar-refractivity contribution in [3.05, 3.63) is 89.0 Å². The Labute approximate surface area is 215 Å². The van der Waals surface area contributed by atoms with Gasteiger partial charge in [-0.3, -0.25) is 4.79 Å². The third-order valence-corrected chi connectivity index (χ3v) is 5.86. The minimum absolute atomic E-state index is 0.151. The second kappa shape index (κ2) is 12.4. The van der Waals surface area contributed by atoms with Crippen molar-refractivity contribution in [3.8, 4) is 5.69 Å². The van der Waals surface area contributed by atoms with E-state index in [1.165, 1.54) is 35.0 Å². The molecule has 2 aromatic carbocycles. The van der Waals surface area contributed by atoms with Gasteiger partial charge < -0.3 is 25.4 Å². The van der Waals surface area contributed by atoms with Crippen molar-refractivity contribution < 1.29 is 29.3 Å². The number of amides is 1. The third-order valence-electron chi connectivity index (χ3n) is 5.86. The molecule has 0 fully saturated rings. The first-order valence-corrected chi connectivity index (χ1v) is 12.1. The zero-order valence-corrected chi connectivity index (χ0v) is 21.0. The first-order chi connectivity index (χ1) is 17.6. The van der Waals surface area contributed by atoms with Crippen LogP contribution in [0.4, 0.5) is 4.39 Å².